The number of imidazole rings is 1. The van der Waals surface area contributed by atoms with Gasteiger partial charge in [-0.05, 0) is 38.7 Å². The van der Waals surface area contributed by atoms with Crippen LogP contribution >= 0.6 is 0 Å². The third-order valence-corrected chi connectivity index (χ3v) is 5.16. The summed E-state index contributed by atoms with van der Waals surface area (Å²) in [5.74, 6) is 1.35. The maximum Gasteiger partial charge on any atom is 0.274 e. The molecule has 2 aromatic heterocycles. The van der Waals surface area contributed by atoms with Gasteiger partial charge < -0.3 is 14.8 Å². The van der Waals surface area contributed by atoms with Gasteiger partial charge in [-0.2, -0.15) is 5.10 Å². The van der Waals surface area contributed by atoms with Crippen LogP contribution in [0.2, 0.25) is 0 Å². The highest BCUT2D eigenvalue weighted by molar-refractivity contribution is 5.92. The fourth-order valence-corrected chi connectivity index (χ4v) is 3.44. The SMILES string of the molecule is CCn1ccc(C(=O)N2CCC(CC(=O)NCCn3ccnc3C)CC2)n1. The van der Waals surface area contributed by atoms with E-state index < -0.39 is 0 Å². The second kappa shape index (κ2) is 8.83. The van der Waals surface area contributed by atoms with E-state index in [1.165, 1.54) is 0 Å². The molecule has 2 aromatic rings. The topological polar surface area (TPSA) is 85.0 Å². The molecule has 2 amide bonds. The molecule has 1 aliphatic heterocycles. The molecule has 1 saturated heterocycles. The van der Waals surface area contributed by atoms with Crippen molar-refractivity contribution in [2.75, 3.05) is 19.6 Å². The smallest absolute Gasteiger partial charge is 0.274 e. The zero-order valence-corrected chi connectivity index (χ0v) is 16.1. The Hall–Kier alpha value is -2.64. The number of aromatic nitrogens is 4. The molecule has 0 aliphatic carbocycles. The van der Waals surface area contributed by atoms with Crippen molar-refractivity contribution in [1.82, 2.24) is 29.5 Å². The summed E-state index contributed by atoms with van der Waals surface area (Å²) in [5.41, 5.74) is 0.503. The summed E-state index contributed by atoms with van der Waals surface area (Å²) >= 11 is 0. The Morgan fingerprint density at radius 3 is 2.67 bits per heavy atom. The number of hydrogen-bond acceptors (Lipinski definition) is 4. The Balaban J connectivity index is 1.38. The number of piperidine rings is 1. The van der Waals surface area contributed by atoms with Gasteiger partial charge in [-0.3, -0.25) is 14.3 Å². The quantitative estimate of drug-likeness (QED) is 0.797. The van der Waals surface area contributed by atoms with Crippen molar-refractivity contribution >= 4 is 11.8 Å². The van der Waals surface area contributed by atoms with Gasteiger partial charge in [0.05, 0.1) is 0 Å². The molecule has 27 heavy (non-hydrogen) atoms. The maximum atomic E-state index is 12.5. The van der Waals surface area contributed by atoms with Crippen LogP contribution in [0.25, 0.3) is 0 Å². The average molecular weight is 372 g/mol. The third kappa shape index (κ3) is 4.96. The van der Waals surface area contributed by atoms with Crippen molar-refractivity contribution in [3.8, 4) is 0 Å². The summed E-state index contributed by atoms with van der Waals surface area (Å²) in [6.07, 6.45) is 7.74. The van der Waals surface area contributed by atoms with Crippen LogP contribution in [0.15, 0.2) is 24.7 Å². The molecule has 0 radical (unpaired) electrons. The molecule has 0 saturated carbocycles. The molecule has 0 atom stereocenters. The molecule has 3 heterocycles. The van der Waals surface area contributed by atoms with Crippen LogP contribution in [0.4, 0.5) is 0 Å². The lowest BCUT2D eigenvalue weighted by Crippen LogP contribution is -2.40. The predicted octanol–water partition coefficient (Wildman–Crippen LogP) is 1.47. The van der Waals surface area contributed by atoms with E-state index in [-0.39, 0.29) is 11.8 Å². The van der Waals surface area contributed by atoms with E-state index in [0.29, 0.717) is 37.7 Å². The van der Waals surface area contributed by atoms with E-state index in [1.807, 2.05) is 35.7 Å². The fraction of sp³-hybridized carbons (Fsp3) is 0.579. The van der Waals surface area contributed by atoms with Crippen molar-refractivity contribution in [3.05, 3.63) is 36.2 Å². The highest BCUT2D eigenvalue weighted by atomic mass is 16.2. The van der Waals surface area contributed by atoms with E-state index >= 15 is 0 Å². The molecule has 8 heteroatoms. The summed E-state index contributed by atoms with van der Waals surface area (Å²) in [7, 11) is 0. The van der Waals surface area contributed by atoms with Gasteiger partial charge in [0.1, 0.15) is 11.5 Å². The number of carbonyl (C=O) groups excluding carboxylic acids is 2. The van der Waals surface area contributed by atoms with Gasteiger partial charge >= 0.3 is 0 Å². The minimum atomic E-state index is -0.0131. The molecule has 0 spiro atoms. The summed E-state index contributed by atoms with van der Waals surface area (Å²) in [5, 5.41) is 7.27. The van der Waals surface area contributed by atoms with Crippen LogP contribution < -0.4 is 5.32 Å². The number of aryl methyl sites for hydroxylation is 2. The first-order valence-electron chi connectivity index (χ1n) is 9.64. The molecular weight excluding hydrogens is 344 g/mol. The van der Waals surface area contributed by atoms with Gasteiger partial charge in [-0.15, -0.1) is 0 Å². The van der Waals surface area contributed by atoms with Crippen LogP contribution in [0, 0.1) is 12.8 Å². The summed E-state index contributed by atoms with van der Waals surface area (Å²) in [4.78, 5) is 30.7. The summed E-state index contributed by atoms with van der Waals surface area (Å²) < 4.78 is 3.78. The molecule has 0 aromatic carbocycles. The Kier molecular flexibility index (Phi) is 6.26. The Morgan fingerprint density at radius 2 is 2.04 bits per heavy atom. The van der Waals surface area contributed by atoms with Crippen LogP contribution in [0.1, 0.15) is 42.5 Å². The summed E-state index contributed by atoms with van der Waals surface area (Å²) in [6, 6.07) is 1.77. The molecule has 1 N–H and O–H groups in total. The van der Waals surface area contributed by atoms with Crippen LogP contribution in [0.3, 0.4) is 0 Å². The highest BCUT2D eigenvalue weighted by Crippen LogP contribution is 2.21. The first-order chi connectivity index (χ1) is 13.1. The molecule has 8 nitrogen and oxygen atoms in total. The zero-order chi connectivity index (χ0) is 19.2. The molecule has 1 aliphatic rings. The van der Waals surface area contributed by atoms with Crippen LogP contribution in [-0.2, 0) is 17.9 Å². The Morgan fingerprint density at radius 1 is 1.26 bits per heavy atom. The molecular formula is C19H28N6O2. The molecule has 146 valence electrons. The van der Waals surface area contributed by atoms with Crippen molar-refractivity contribution in [2.24, 2.45) is 5.92 Å². The number of amides is 2. The van der Waals surface area contributed by atoms with E-state index in [4.69, 9.17) is 0 Å². The van der Waals surface area contributed by atoms with Crippen molar-refractivity contribution in [1.29, 1.82) is 0 Å². The first kappa shape index (κ1) is 19.1. The number of rotatable bonds is 7. The van der Waals surface area contributed by atoms with Gasteiger partial charge in [0.25, 0.3) is 5.91 Å². The first-order valence-corrected chi connectivity index (χ1v) is 9.64. The fourth-order valence-electron chi connectivity index (χ4n) is 3.44. The van der Waals surface area contributed by atoms with E-state index in [0.717, 1.165) is 31.8 Å². The van der Waals surface area contributed by atoms with Gasteiger partial charge in [-0.1, -0.05) is 0 Å². The monoisotopic (exact) mass is 372 g/mol. The number of nitrogens with one attached hydrogen (secondary N) is 1. The molecule has 1 fully saturated rings. The third-order valence-electron chi connectivity index (χ3n) is 5.16. The Labute approximate surface area is 159 Å². The van der Waals surface area contributed by atoms with Crippen LogP contribution in [-0.4, -0.2) is 55.7 Å². The number of carbonyl (C=O) groups is 2. The second-order valence-corrected chi connectivity index (χ2v) is 7.01. The minimum absolute atomic E-state index is 0.0131. The van der Waals surface area contributed by atoms with Crippen LogP contribution in [0.5, 0.6) is 0 Å². The second-order valence-electron chi connectivity index (χ2n) is 7.01. The highest BCUT2D eigenvalue weighted by Gasteiger charge is 2.26. The standard InChI is InChI=1S/C19H28N6O2/c1-3-25-11-6-17(22-25)19(27)24-9-4-16(5-10-24)14-18(26)21-8-13-23-12-7-20-15(23)2/h6-7,11-12,16H,3-5,8-10,13-14H2,1-2H3,(H,21,26). The lowest BCUT2D eigenvalue weighted by Gasteiger charge is -2.31. The van der Waals surface area contributed by atoms with Gasteiger partial charge in [0, 0.05) is 57.7 Å². The van der Waals surface area contributed by atoms with E-state index in [9.17, 15) is 9.59 Å². The van der Waals surface area contributed by atoms with Gasteiger partial charge in [0.2, 0.25) is 5.91 Å². The summed E-state index contributed by atoms with van der Waals surface area (Å²) in [6.45, 7) is 7.40. The lowest BCUT2D eigenvalue weighted by atomic mass is 9.93. The predicted molar refractivity (Wildman–Crippen MR) is 101 cm³/mol. The van der Waals surface area contributed by atoms with Crippen molar-refractivity contribution < 1.29 is 9.59 Å². The average Bonchev–Trinajstić information content (AvgIpc) is 3.31. The largest absolute Gasteiger partial charge is 0.354 e. The van der Waals surface area contributed by atoms with E-state index in [1.54, 1.807) is 16.9 Å². The van der Waals surface area contributed by atoms with E-state index in [2.05, 4.69) is 15.4 Å². The van der Waals surface area contributed by atoms with Crippen molar-refractivity contribution in [2.45, 2.75) is 46.2 Å². The molecule has 0 unspecified atom stereocenters. The normalized spacial score (nSPS) is 15.1. The molecule has 3 rings (SSSR count). The van der Waals surface area contributed by atoms with Gasteiger partial charge in [0.15, 0.2) is 0 Å². The maximum absolute atomic E-state index is 12.5. The Bertz CT molecular complexity index is 773. The number of likely N-dealkylation sites (tertiary alicyclic amines) is 1. The van der Waals surface area contributed by atoms with Crippen molar-refractivity contribution in [3.63, 3.8) is 0 Å². The zero-order valence-electron chi connectivity index (χ0n) is 16.1. The number of nitrogens with zero attached hydrogens (tertiary/aromatic N) is 5. The lowest BCUT2D eigenvalue weighted by molar-refractivity contribution is -0.122. The molecule has 0 bridgehead atoms. The van der Waals surface area contributed by atoms with Gasteiger partial charge in [-0.25, -0.2) is 4.98 Å². The number of hydrogen-bond donors (Lipinski definition) is 1. The minimum Gasteiger partial charge on any atom is -0.354 e.